The minimum atomic E-state index is -4.93. The van der Waals surface area contributed by atoms with Gasteiger partial charge in [-0.15, -0.1) is 0 Å². The summed E-state index contributed by atoms with van der Waals surface area (Å²) in [5.74, 6) is -8.15. The monoisotopic (exact) mass is 821 g/mol. The lowest BCUT2D eigenvalue weighted by Gasteiger charge is -2.28. The van der Waals surface area contributed by atoms with E-state index in [1.54, 1.807) is 44.2 Å². The van der Waals surface area contributed by atoms with Crippen LogP contribution >= 0.6 is 0 Å². The van der Waals surface area contributed by atoms with E-state index in [0.717, 1.165) is 25.1 Å². The molecule has 0 aliphatic heterocycles. The van der Waals surface area contributed by atoms with Crippen molar-refractivity contribution >= 4 is 58.3 Å². The number of halogens is 3. The van der Waals surface area contributed by atoms with Crippen molar-refractivity contribution in [2.75, 3.05) is 5.32 Å². The summed E-state index contributed by atoms with van der Waals surface area (Å²) >= 11 is 0. The maximum absolute atomic E-state index is 13.5. The molecule has 0 aliphatic carbocycles. The molecule has 18 nitrogen and oxygen atoms in total. The normalized spacial score (nSPS) is 14.4. The van der Waals surface area contributed by atoms with Crippen LogP contribution in [0, 0.1) is 5.92 Å². The Kier molecular flexibility index (Phi) is 16.3. The van der Waals surface area contributed by atoms with Gasteiger partial charge >= 0.3 is 29.8 Å². The first-order valence-corrected chi connectivity index (χ1v) is 17.7. The number of fused-ring (bicyclic) bond motifs is 1. The number of anilines is 1. The topological polar surface area (TPSA) is 280 Å². The lowest BCUT2D eigenvalue weighted by molar-refractivity contribution is -0.141. The van der Waals surface area contributed by atoms with Crippen molar-refractivity contribution in [3.8, 4) is 0 Å². The lowest BCUT2D eigenvalue weighted by Crippen LogP contribution is -2.61. The van der Waals surface area contributed by atoms with Crippen LogP contribution in [0.2, 0.25) is 0 Å². The molecule has 0 spiro atoms. The number of aliphatic hydroxyl groups is 1. The van der Waals surface area contributed by atoms with Crippen molar-refractivity contribution < 1.29 is 71.2 Å². The third-order valence-electron chi connectivity index (χ3n) is 8.65. The fourth-order valence-corrected chi connectivity index (χ4v) is 5.40. The summed E-state index contributed by atoms with van der Waals surface area (Å²) in [6.45, 7) is 4.25. The highest BCUT2D eigenvalue weighted by molar-refractivity contribution is 6.01. The minimum absolute atomic E-state index is 0.127. The third-order valence-corrected chi connectivity index (χ3v) is 8.65. The Labute approximate surface area is 327 Å². The van der Waals surface area contributed by atoms with Gasteiger partial charge in [0.25, 0.3) is 0 Å². The molecule has 0 radical (unpaired) electrons. The predicted octanol–water partition coefficient (Wildman–Crippen LogP) is 2.27. The Morgan fingerprint density at radius 1 is 0.793 bits per heavy atom. The molecule has 1 unspecified atom stereocenters. The van der Waals surface area contributed by atoms with Gasteiger partial charge in [-0.05, 0) is 37.0 Å². The fourth-order valence-electron chi connectivity index (χ4n) is 5.40. The SMILES string of the molecule is CC[C@H](C)[C@H](NC(=O)OCc1ccccc1)C(=O)N[C@@H](CCC(=O)O)C(=O)NC(C(=O)N[C@@H](CC(=O)O)C(=O)Nc1ccc2c(C(F)(F)F)cc(=O)oc2c1)[C@@H](C)O. The van der Waals surface area contributed by atoms with Crippen molar-refractivity contribution in [2.45, 2.75) is 89.5 Å². The number of benzene rings is 2. The Morgan fingerprint density at radius 2 is 1.43 bits per heavy atom. The number of nitrogens with one attached hydrogen (secondary N) is 5. The molecule has 0 fully saturated rings. The van der Waals surface area contributed by atoms with Gasteiger partial charge in [-0.25, -0.2) is 9.59 Å². The van der Waals surface area contributed by atoms with Crippen molar-refractivity contribution in [1.29, 1.82) is 0 Å². The van der Waals surface area contributed by atoms with E-state index in [1.807, 2.05) is 0 Å². The number of carbonyl (C=O) groups excluding carboxylic acids is 5. The molecule has 8 N–H and O–H groups in total. The highest BCUT2D eigenvalue weighted by atomic mass is 19.4. The zero-order valence-electron chi connectivity index (χ0n) is 31.3. The van der Waals surface area contributed by atoms with E-state index >= 15 is 0 Å². The van der Waals surface area contributed by atoms with E-state index in [1.165, 1.54) is 0 Å². The van der Waals surface area contributed by atoms with Gasteiger partial charge in [0, 0.05) is 29.6 Å². The summed E-state index contributed by atoms with van der Waals surface area (Å²) in [6.07, 6.45) is -9.56. The van der Waals surface area contributed by atoms with E-state index in [2.05, 4.69) is 26.6 Å². The second kappa shape index (κ2) is 20.6. The molecule has 0 saturated carbocycles. The number of alkyl carbamates (subject to hydrolysis) is 1. The van der Waals surface area contributed by atoms with Crippen LogP contribution in [0.15, 0.2) is 63.8 Å². The molecule has 0 saturated heterocycles. The first-order chi connectivity index (χ1) is 27.2. The maximum atomic E-state index is 13.5. The van der Waals surface area contributed by atoms with Gasteiger partial charge in [0.05, 0.1) is 18.1 Å². The molecule has 3 rings (SSSR count). The van der Waals surface area contributed by atoms with Crippen LogP contribution in [0.3, 0.4) is 0 Å². The van der Waals surface area contributed by atoms with E-state index in [9.17, 15) is 66.8 Å². The van der Waals surface area contributed by atoms with Crippen LogP contribution in [0.1, 0.15) is 57.6 Å². The van der Waals surface area contributed by atoms with Crippen LogP contribution < -0.4 is 32.2 Å². The number of alkyl halides is 3. The fraction of sp³-hybridized carbons (Fsp3) is 0.405. The highest BCUT2D eigenvalue weighted by Gasteiger charge is 2.36. The van der Waals surface area contributed by atoms with Crippen molar-refractivity contribution in [1.82, 2.24) is 21.3 Å². The van der Waals surface area contributed by atoms with E-state index in [0.29, 0.717) is 12.0 Å². The second-order valence-corrected chi connectivity index (χ2v) is 13.1. The summed E-state index contributed by atoms with van der Waals surface area (Å²) in [6, 6.07) is 4.79. The largest absolute Gasteiger partial charge is 0.481 e. The minimum Gasteiger partial charge on any atom is -0.481 e. The van der Waals surface area contributed by atoms with Crippen LogP contribution in [-0.2, 0) is 46.3 Å². The van der Waals surface area contributed by atoms with Gasteiger partial charge in [0.15, 0.2) is 0 Å². The van der Waals surface area contributed by atoms with E-state index in [4.69, 9.17) is 9.15 Å². The maximum Gasteiger partial charge on any atom is 0.417 e. The number of carbonyl (C=O) groups is 7. The van der Waals surface area contributed by atoms with Crippen LogP contribution in [-0.4, -0.2) is 87.3 Å². The molecule has 314 valence electrons. The van der Waals surface area contributed by atoms with Gasteiger partial charge in [-0.2, -0.15) is 13.2 Å². The molecule has 3 aromatic rings. The number of aliphatic hydroxyl groups excluding tert-OH is 1. The van der Waals surface area contributed by atoms with Crippen molar-refractivity contribution in [3.05, 3.63) is 76.1 Å². The number of amides is 5. The highest BCUT2D eigenvalue weighted by Crippen LogP contribution is 2.34. The first kappa shape index (κ1) is 45.9. The Hall–Kier alpha value is -6.51. The Bertz CT molecular complexity index is 2040. The average Bonchev–Trinajstić information content (AvgIpc) is 3.15. The average molecular weight is 822 g/mol. The van der Waals surface area contributed by atoms with Crippen molar-refractivity contribution in [3.63, 3.8) is 0 Å². The first-order valence-electron chi connectivity index (χ1n) is 17.7. The van der Waals surface area contributed by atoms with E-state index < -0.39 is 125 Å². The van der Waals surface area contributed by atoms with Gasteiger partial charge in [-0.1, -0.05) is 50.6 Å². The smallest absolute Gasteiger partial charge is 0.417 e. The van der Waals surface area contributed by atoms with Gasteiger partial charge in [-0.3, -0.25) is 28.8 Å². The molecule has 2 aromatic carbocycles. The number of carboxylic acid groups (broad SMARTS) is 2. The standard InChI is InChI=1S/C37H42F3N5O13/c1-4-18(2)30(45-36(56)57-17-20-8-6-5-7-9-20)34(54)42-24(12-13-27(47)48)32(52)44-31(19(3)46)35(55)43-25(16-28(49)50)33(53)41-21-10-11-22-23(37(38,39)40)15-29(51)58-26(22)14-21/h5-11,14-15,18-19,24-25,30-31,46H,4,12-13,16-17H2,1-3H3,(H,41,53)(H,42,54)(H,43,55)(H,44,52)(H,45,56)(H,47,48)(H,49,50)/t18-,19+,24-,25-,30-,31?/m0/s1. The molecule has 21 heteroatoms. The van der Waals surface area contributed by atoms with Crippen LogP contribution in [0.5, 0.6) is 0 Å². The number of rotatable bonds is 19. The van der Waals surface area contributed by atoms with Gasteiger partial charge in [0.1, 0.15) is 36.4 Å². The third kappa shape index (κ3) is 13.6. The summed E-state index contributed by atoms with van der Waals surface area (Å²) in [7, 11) is 0. The molecular formula is C37H42F3N5O13. The van der Waals surface area contributed by atoms with Crippen LogP contribution in [0.25, 0.3) is 11.0 Å². The number of hydrogen-bond acceptors (Lipinski definition) is 11. The zero-order chi connectivity index (χ0) is 43.3. The summed E-state index contributed by atoms with van der Waals surface area (Å²) in [4.78, 5) is 101. The van der Waals surface area contributed by atoms with Gasteiger partial charge < -0.3 is 51.1 Å². The van der Waals surface area contributed by atoms with E-state index in [-0.39, 0.29) is 18.4 Å². The summed E-state index contributed by atoms with van der Waals surface area (Å²) in [5, 5.41) is 39.9. The zero-order valence-corrected chi connectivity index (χ0v) is 31.3. The van der Waals surface area contributed by atoms with Gasteiger partial charge in [0.2, 0.25) is 23.6 Å². The molecule has 1 aromatic heterocycles. The molecule has 6 atom stereocenters. The number of hydrogen-bond donors (Lipinski definition) is 8. The quantitative estimate of drug-likeness (QED) is 0.0807. The molecule has 5 amide bonds. The molecule has 0 aliphatic rings. The molecule has 1 heterocycles. The molecule has 58 heavy (non-hydrogen) atoms. The molecule has 0 bridgehead atoms. The predicted molar refractivity (Wildman–Crippen MR) is 196 cm³/mol. The lowest BCUT2D eigenvalue weighted by atomic mass is 9.97. The molecular weight excluding hydrogens is 779 g/mol. The number of aliphatic carboxylic acids is 2. The number of ether oxygens (including phenoxy) is 1. The Balaban J connectivity index is 1.78. The summed E-state index contributed by atoms with van der Waals surface area (Å²) < 4.78 is 50.4. The number of carboxylic acids is 2. The summed E-state index contributed by atoms with van der Waals surface area (Å²) in [5.41, 5.74) is -2.84. The van der Waals surface area contributed by atoms with Crippen molar-refractivity contribution in [2.24, 2.45) is 5.92 Å². The second-order valence-electron chi connectivity index (χ2n) is 13.1. The Morgan fingerprint density at radius 3 is 2.02 bits per heavy atom. The van der Waals surface area contributed by atoms with Crippen LogP contribution in [0.4, 0.5) is 23.7 Å².